The highest BCUT2D eigenvalue weighted by Crippen LogP contribution is 2.25. The normalized spacial score (nSPS) is 13.5. The van der Waals surface area contributed by atoms with Crippen LogP contribution in [0.25, 0.3) is 5.65 Å². The quantitative estimate of drug-likeness (QED) is 0.577. The Kier molecular flexibility index (Phi) is 2.78. The Morgan fingerprint density at radius 1 is 1.36 bits per heavy atom. The van der Waals surface area contributed by atoms with Gasteiger partial charge in [0.1, 0.15) is 5.82 Å². The number of nitrogens with zero attached hydrogens (tertiary/aromatic N) is 6. The lowest BCUT2D eigenvalue weighted by molar-refractivity contribution is -0.389. The van der Waals surface area contributed by atoms with Gasteiger partial charge in [-0.05, 0) is 17.4 Å². The molecule has 0 saturated heterocycles. The Labute approximate surface area is 124 Å². The van der Waals surface area contributed by atoms with Gasteiger partial charge >= 0.3 is 5.82 Å². The maximum Gasteiger partial charge on any atom is 0.372 e. The Morgan fingerprint density at radius 3 is 3.14 bits per heavy atom. The van der Waals surface area contributed by atoms with Gasteiger partial charge in [0.2, 0.25) is 11.5 Å². The van der Waals surface area contributed by atoms with E-state index in [1.807, 2.05) is 0 Å². The zero-order chi connectivity index (χ0) is 15.1. The lowest BCUT2D eigenvalue weighted by atomic mass is 10.4. The summed E-state index contributed by atoms with van der Waals surface area (Å²) >= 11 is 0. The van der Waals surface area contributed by atoms with E-state index >= 15 is 0 Å². The highest BCUT2D eigenvalue weighted by atomic mass is 16.6. The van der Waals surface area contributed by atoms with Crippen LogP contribution in [-0.4, -0.2) is 29.1 Å². The van der Waals surface area contributed by atoms with Crippen molar-refractivity contribution < 1.29 is 4.92 Å². The van der Waals surface area contributed by atoms with E-state index in [9.17, 15) is 10.1 Å². The number of pyridine rings is 1. The molecule has 0 fully saturated rings. The van der Waals surface area contributed by atoms with E-state index in [2.05, 4.69) is 25.1 Å². The second kappa shape index (κ2) is 4.79. The molecule has 0 unspecified atom stereocenters. The van der Waals surface area contributed by atoms with Crippen LogP contribution in [0, 0.1) is 10.1 Å². The summed E-state index contributed by atoms with van der Waals surface area (Å²) in [6.45, 7) is 1.25. The molecule has 0 amide bonds. The third-order valence-corrected chi connectivity index (χ3v) is 3.78. The summed E-state index contributed by atoms with van der Waals surface area (Å²) < 4.78 is 3.51. The number of hydrogen-bond donors (Lipinski definition) is 1. The molecule has 1 aliphatic heterocycles. The van der Waals surface area contributed by atoms with E-state index in [0.29, 0.717) is 12.2 Å². The van der Waals surface area contributed by atoms with E-state index in [-0.39, 0.29) is 11.6 Å². The number of aromatic nitrogens is 5. The fourth-order valence-corrected chi connectivity index (χ4v) is 2.78. The van der Waals surface area contributed by atoms with Crippen molar-refractivity contribution in [1.29, 1.82) is 0 Å². The van der Waals surface area contributed by atoms with Crippen LogP contribution >= 0.6 is 0 Å². The molecule has 9 nitrogen and oxygen atoms in total. The number of nitro groups is 1. The first-order valence-corrected chi connectivity index (χ1v) is 7.00. The third-order valence-electron chi connectivity index (χ3n) is 3.78. The van der Waals surface area contributed by atoms with Crippen molar-refractivity contribution in [1.82, 2.24) is 24.1 Å². The first kappa shape index (κ1) is 12.7. The minimum absolute atomic E-state index is 0.0724. The topological polar surface area (TPSA) is 103 Å². The van der Waals surface area contributed by atoms with Crippen LogP contribution in [0.3, 0.4) is 0 Å². The van der Waals surface area contributed by atoms with Gasteiger partial charge in [0.15, 0.2) is 5.82 Å². The molecule has 0 aliphatic carbocycles. The van der Waals surface area contributed by atoms with Crippen molar-refractivity contribution in [3.8, 4) is 0 Å². The minimum Gasteiger partial charge on any atom is -0.358 e. The predicted octanol–water partition coefficient (Wildman–Crippen LogP) is 1.39. The lowest BCUT2D eigenvalue weighted by Gasteiger charge is -2.04. The maximum atomic E-state index is 11.3. The molecule has 1 aliphatic rings. The van der Waals surface area contributed by atoms with Crippen LogP contribution in [0.5, 0.6) is 0 Å². The van der Waals surface area contributed by atoms with Gasteiger partial charge in [0.05, 0.1) is 12.7 Å². The largest absolute Gasteiger partial charge is 0.372 e. The van der Waals surface area contributed by atoms with Gasteiger partial charge in [-0.3, -0.25) is 0 Å². The highest BCUT2D eigenvalue weighted by molar-refractivity contribution is 5.62. The molecule has 3 aromatic heterocycles. The van der Waals surface area contributed by atoms with Crippen LogP contribution in [0.2, 0.25) is 0 Å². The average molecular weight is 299 g/mol. The van der Waals surface area contributed by atoms with Crippen molar-refractivity contribution in [3.63, 3.8) is 0 Å². The van der Waals surface area contributed by atoms with E-state index in [0.717, 1.165) is 31.0 Å². The third kappa shape index (κ3) is 1.90. The molecule has 0 aromatic carbocycles. The van der Waals surface area contributed by atoms with E-state index < -0.39 is 4.92 Å². The molecule has 0 atom stereocenters. The number of rotatable bonds is 4. The van der Waals surface area contributed by atoms with Gasteiger partial charge in [-0.1, -0.05) is 6.07 Å². The molecular weight excluding hydrogens is 286 g/mol. The van der Waals surface area contributed by atoms with Gasteiger partial charge < -0.3 is 20.0 Å². The van der Waals surface area contributed by atoms with Crippen LogP contribution < -0.4 is 5.32 Å². The fourth-order valence-electron chi connectivity index (χ4n) is 2.78. The fraction of sp³-hybridized carbons (Fsp3) is 0.308. The summed E-state index contributed by atoms with van der Waals surface area (Å²) in [6.07, 6.45) is 3.62. The number of anilines is 1. The predicted molar refractivity (Wildman–Crippen MR) is 77.5 cm³/mol. The Bertz CT molecular complexity index is 867. The number of hydrogen-bond acceptors (Lipinski definition) is 6. The second-order valence-corrected chi connectivity index (χ2v) is 5.11. The Morgan fingerprint density at radius 2 is 2.27 bits per heavy atom. The average Bonchev–Trinajstić information content (AvgIpc) is 3.18. The molecule has 4 rings (SSSR count). The van der Waals surface area contributed by atoms with Crippen LogP contribution in [0.4, 0.5) is 11.6 Å². The Balaban J connectivity index is 1.66. The van der Waals surface area contributed by atoms with Gasteiger partial charge in [-0.25, -0.2) is 0 Å². The van der Waals surface area contributed by atoms with E-state index in [4.69, 9.17) is 0 Å². The Hall–Kier alpha value is -2.97. The lowest BCUT2D eigenvalue weighted by Crippen LogP contribution is -2.09. The van der Waals surface area contributed by atoms with Crippen LogP contribution in [-0.2, 0) is 19.5 Å². The van der Waals surface area contributed by atoms with Crippen molar-refractivity contribution in [2.24, 2.45) is 0 Å². The number of fused-ring (bicyclic) bond motifs is 2. The number of aryl methyl sites for hydroxylation is 1. The number of nitrogens with one attached hydrogen (secondary N) is 1. The molecule has 3 aromatic rings. The molecule has 112 valence electrons. The smallest absolute Gasteiger partial charge is 0.358 e. The maximum absolute atomic E-state index is 11.3. The second-order valence-electron chi connectivity index (χ2n) is 5.11. The van der Waals surface area contributed by atoms with Crippen LogP contribution in [0.15, 0.2) is 24.4 Å². The number of imidazole rings is 1. The summed E-state index contributed by atoms with van der Waals surface area (Å²) in [5, 5.41) is 22.6. The monoisotopic (exact) mass is 299 g/mol. The molecule has 9 heteroatoms. The standard InChI is InChI=1S/C13H13N7O2/c21-20(22)13-12(15-9-4-1-2-6-19(9)13)14-8-11-17-16-10-5-3-7-18(10)11/h1-2,4,6,14H,3,5,7-8H2. The summed E-state index contributed by atoms with van der Waals surface area (Å²) in [5.74, 6) is 1.92. The van der Waals surface area contributed by atoms with Crippen molar-refractivity contribution in [3.05, 3.63) is 46.2 Å². The minimum atomic E-state index is -0.434. The van der Waals surface area contributed by atoms with Crippen LogP contribution in [0.1, 0.15) is 18.1 Å². The van der Waals surface area contributed by atoms with E-state index in [1.54, 1.807) is 24.4 Å². The van der Waals surface area contributed by atoms with Gasteiger partial charge in [0, 0.05) is 19.0 Å². The molecule has 0 spiro atoms. The molecular formula is C13H13N7O2. The van der Waals surface area contributed by atoms with Crippen molar-refractivity contribution in [2.45, 2.75) is 25.9 Å². The van der Waals surface area contributed by atoms with Gasteiger partial charge in [0.25, 0.3) is 0 Å². The molecule has 0 radical (unpaired) electrons. The van der Waals surface area contributed by atoms with E-state index in [1.165, 1.54) is 4.40 Å². The summed E-state index contributed by atoms with van der Waals surface area (Å²) in [7, 11) is 0. The molecule has 0 bridgehead atoms. The molecule has 0 saturated carbocycles. The molecule has 1 N–H and O–H groups in total. The molecule has 4 heterocycles. The summed E-state index contributed by atoms with van der Waals surface area (Å²) in [5.41, 5.74) is 0.531. The summed E-state index contributed by atoms with van der Waals surface area (Å²) in [4.78, 5) is 15.2. The van der Waals surface area contributed by atoms with Crippen molar-refractivity contribution >= 4 is 17.3 Å². The SMILES string of the molecule is O=[N+]([O-])c1c(NCc2nnc3n2CCC3)nc2ccccn12. The zero-order valence-electron chi connectivity index (χ0n) is 11.6. The van der Waals surface area contributed by atoms with Gasteiger partial charge in [-0.2, -0.15) is 9.38 Å². The van der Waals surface area contributed by atoms with Crippen molar-refractivity contribution in [2.75, 3.05) is 5.32 Å². The first-order valence-electron chi connectivity index (χ1n) is 7.00. The molecule has 22 heavy (non-hydrogen) atoms. The summed E-state index contributed by atoms with van der Waals surface area (Å²) in [6, 6.07) is 5.26. The zero-order valence-corrected chi connectivity index (χ0v) is 11.6. The highest BCUT2D eigenvalue weighted by Gasteiger charge is 2.23. The first-order chi connectivity index (χ1) is 10.7. The van der Waals surface area contributed by atoms with Gasteiger partial charge in [-0.15, -0.1) is 10.2 Å².